The van der Waals surface area contributed by atoms with Crippen LogP contribution in [0, 0.1) is 0 Å². The molecule has 5 nitrogen and oxygen atoms in total. The van der Waals surface area contributed by atoms with Crippen LogP contribution in [-0.2, 0) is 10.7 Å². The molecule has 2 heterocycles. The van der Waals surface area contributed by atoms with Crippen LogP contribution in [0.5, 0.6) is 0 Å². The smallest absolute Gasteiger partial charge is 0.278 e. The number of rotatable bonds is 2. The molecule has 0 bridgehead atoms. The van der Waals surface area contributed by atoms with Crippen LogP contribution in [0.2, 0.25) is 0 Å². The van der Waals surface area contributed by atoms with Gasteiger partial charge in [0, 0.05) is 24.7 Å². The second kappa shape index (κ2) is 4.49. The Kier molecular flexibility index (Phi) is 3.05. The van der Waals surface area contributed by atoms with E-state index in [0.29, 0.717) is 12.4 Å². The van der Waals surface area contributed by atoms with Crippen molar-refractivity contribution >= 4 is 29.4 Å². The largest absolute Gasteiger partial charge is 0.329 e. The number of anilines is 1. The van der Waals surface area contributed by atoms with E-state index in [4.69, 9.17) is 11.6 Å². The number of pyridine rings is 1. The molecule has 3 amide bonds. The highest BCUT2D eigenvalue weighted by Gasteiger charge is 2.26. The monoisotopic (exact) mass is 239 g/mol. The van der Waals surface area contributed by atoms with Crippen molar-refractivity contribution in [2.24, 2.45) is 0 Å². The van der Waals surface area contributed by atoms with Gasteiger partial charge in [0.1, 0.15) is 5.82 Å². The number of amides is 3. The van der Waals surface area contributed by atoms with Gasteiger partial charge in [-0.15, -0.1) is 11.6 Å². The summed E-state index contributed by atoms with van der Waals surface area (Å²) in [6.45, 7) is 0.339. The van der Waals surface area contributed by atoms with E-state index < -0.39 is 6.03 Å². The number of carbonyl (C=O) groups is 2. The van der Waals surface area contributed by atoms with Crippen molar-refractivity contribution in [3.63, 3.8) is 0 Å². The first kappa shape index (κ1) is 10.9. The summed E-state index contributed by atoms with van der Waals surface area (Å²) in [7, 11) is 0. The fraction of sp³-hybridized carbons (Fsp3) is 0.300. The Bertz CT molecular complexity index is 436. The number of aromatic nitrogens is 1. The van der Waals surface area contributed by atoms with Gasteiger partial charge in [-0.3, -0.25) is 15.0 Å². The van der Waals surface area contributed by atoms with Gasteiger partial charge in [0.2, 0.25) is 5.91 Å². The summed E-state index contributed by atoms with van der Waals surface area (Å²) in [4.78, 5) is 28.1. The van der Waals surface area contributed by atoms with Crippen LogP contribution in [0.1, 0.15) is 12.0 Å². The van der Waals surface area contributed by atoms with E-state index in [2.05, 4.69) is 10.3 Å². The van der Waals surface area contributed by atoms with Gasteiger partial charge in [0.25, 0.3) is 0 Å². The van der Waals surface area contributed by atoms with Crippen LogP contribution in [0.25, 0.3) is 0 Å². The molecule has 1 aromatic rings. The predicted octanol–water partition coefficient (Wildman–Crippen LogP) is 1.27. The van der Waals surface area contributed by atoms with Gasteiger partial charge >= 0.3 is 6.03 Å². The van der Waals surface area contributed by atoms with Crippen LogP contribution in [0.15, 0.2) is 18.3 Å². The SMILES string of the molecule is O=C1CCN(c2ncccc2CCl)C(=O)N1. The maximum Gasteiger partial charge on any atom is 0.329 e. The Morgan fingerprint density at radius 2 is 2.31 bits per heavy atom. The van der Waals surface area contributed by atoms with Gasteiger partial charge < -0.3 is 0 Å². The number of hydrogen-bond acceptors (Lipinski definition) is 3. The fourth-order valence-electron chi connectivity index (χ4n) is 1.54. The predicted molar refractivity (Wildman–Crippen MR) is 59.3 cm³/mol. The van der Waals surface area contributed by atoms with Crippen molar-refractivity contribution in [2.75, 3.05) is 11.4 Å². The van der Waals surface area contributed by atoms with E-state index in [1.807, 2.05) is 0 Å². The number of halogens is 1. The molecule has 0 saturated carbocycles. The summed E-state index contributed by atoms with van der Waals surface area (Å²) in [5.74, 6) is 0.535. The molecule has 0 unspecified atom stereocenters. The first-order valence-corrected chi connectivity index (χ1v) is 5.37. The van der Waals surface area contributed by atoms with Gasteiger partial charge in [-0.25, -0.2) is 9.78 Å². The lowest BCUT2D eigenvalue weighted by Gasteiger charge is -2.26. The van der Waals surface area contributed by atoms with Crippen LogP contribution in [-0.4, -0.2) is 23.5 Å². The maximum atomic E-state index is 11.6. The van der Waals surface area contributed by atoms with E-state index in [9.17, 15) is 9.59 Å². The first-order valence-electron chi connectivity index (χ1n) is 4.83. The van der Waals surface area contributed by atoms with E-state index in [0.717, 1.165) is 5.56 Å². The highest BCUT2D eigenvalue weighted by Crippen LogP contribution is 2.20. The third-order valence-corrected chi connectivity index (χ3v) is 2.61. The van der Waals surface area contributed by atoms with E-state index in [-0.39, 0.29) is 18.2 Å². The van der Waals surface area contributed by atoms with Crippen LogP contribution in [0.3, 0.4) is 0 Å². The summed E-state index contributed by atoms with van der Waals surface area (Å²) in [5, 5.41) is 2.24. The highest BCUT2D eigenvalue weighted by molar-refractivity contribution is 6.17. The third kappa shape index (κ3) is 1.99. The number of nitrogens with one attached hydrogen (secondary N) is 1. The van der Waals surface area contributed by atoms with Gasteiger partial charge in [-0.1, -0.05) is 6.07 Å². The van der Waals surface area contributed by atoms with Gasteiger partial charge in [-0.05, 0) is 6.07 Å². The molecule has 6 heteroatoms. The van der Waals surface area contributed by atoms with Gasteiger partial charge in [0.05, 0.1) is 5.88 Å². The molecule has 1 aliphatic heterocycles. The van der Waals surface area contributed by atoms with Gasteiger partial charge in [0.15, 0.2) is 0 Å². The Balaban J connectivity index is 2.30. The fourth-order valence-corrected chi connectivity index (χ4v) is 1.75. The zero-order valence-corrected chi connectivity index (χ0v) is 9.20. The van der Waals surface area contributed by atoms with Crippen LogP contribution in [0.4, 0.5) is 10.6 Å². The second-order valence-corrected chi connectivity index (χ2v) is 3.64. The zero-order valence-electron chi connectivity index (χ0n) is 8.44. The lowest BCUT2D eigenvalue weighted by molar-refractivity contribution is -0.120. The molecular formula is C10H10ClN3O2. The molecule has 1 aromatic heterocycles. The molecule has 0 aromatic carbocycles. The summed E-state index contributed by atoms with van der Waals surface area (Å²) < 4.78 is 0. The van der Waals surface area contributed by atoms with Crippen LogP contribution >= 0.6 is 11.6 Å². The average Bonchev–Trinajstić information content (AvgIpc) is 2.29. The summed E-state index contributed by atoms with van der Waals surface area (Å²) in [6, 6.07) is 3.12. The Hall–Kier alpha value is -1.62. The maximum absolute atomic E-state index is 11.6. The van der Waals surface area contributed by atoms with E-state index >= 15 is 0 Å². The summed E-state index contributed by atoms with van der Waals surface area (Å²) in [5.41, 5.74) is 0.772. The lowest BCUT2D eigenvalue weighted by Crippen LogP contribution is -2.50. The number of hydrogen-bond donors (Lipinski definition) is 1. The third-order valence-electron chi connectivity index (χ3n) is 2.32. The van der Waals surface area contributed by atoms with Crippen molar-refractivity contribution < 1.29 is 9.59 Å². The van der Waals surface area contributed by atoms with Crippen molar-refractivity contribution in [2.45, 2.75) is 12.3 Å². The van der Waals surface area contributed by atoms with E-state index in [1.165, 1.54) is 4.90 Å². The molecule has 0 spiro atoms. The molecule has 1 saturated heterocycles. The minimum atomic E-state index is -0.443. The summed E-state index contributed by atoms with van der Waals surface area (Å²) >= 11 is 5.76. The normalized spacial score (nSPS) is 16.2. The molecule has 0 aliphatic carbocycles. The van der Waals surface area contributed by atoms with Gasteiger partial charge in [-0.2, -0.15) is 0 Å². The van der Waals surface area contributed by atoms with Crippen molar-refractivity contribution in [3.05, 3.63) is 23.9 Å². The number of alkyl halides is 1. The molecule has 84 valence electrons. The second-order valence-electron chi connectivity index (χ2n) is 3.37. The number of imide groups is 1. The Morgan fingerprint density at radius 1 is 1.50 bits per heavy atom. The van der Waals surface area contributed by atoms with Crippen molar-refractivity contribution in [3.8, 4) is 0 Å². The average molecular weight is 240 g/mol. The van der Waals surface area contributed by atoms with Crippen LogP contribution < -0.4 is 10.2 Å². The molecule has 0 atom stereocenters. The molecule has 1 N–H and O–H groups in total. The lowest BCUT2D eigenvalue weighted by atomic mass is 10.2. The number of carbonyl (C=O) groups excluding carboxylic acids is 2. The van der Waals surface area contributed by atoms with E-state index in [1.54, 1.807) is 18.3 Å². The topological polar surface area (TPSA) is 62.3 Å². The zero-order chi connectivity index (χ0) is 11.5. The molecule has 1 fully saturated rings. The molecule has 2 rings (SSSR count). The Labute approximate surface area is 97.4 Å². The minimum Gasteiger partial charge on any atom is -0.278 e. The van der Waals surface area contributed by atoms with Crippen molar-refractivity contribution in [1.82, 2.24) is 10.3 Å². The summed E-state index contributed by atoms with van der Waals surface area (Å²) in [6.07, 6.45) is 1.87. The molecule has 0 radical (unpaired) electrons. The number of urea groups is 1. The Morgan fingerprint density at radius 3 is 3.00 bits per heavy atom. The standard InChI is InChI=1S/C10H10ClN3O2/c11-6-7-2-1-4-12-9(7)14-5-3-8(15)13-10(14)16/h1-2,4H,3,5-6H2,(H,13,15,16). The molecule has 16 heavy (non-hydrogen) atoms. The quantitative estimate of drug-likeness (QED) is 0.791. The highest BCUT2D eigenvalue weighted by atomic mass is 35.5. The minimum absolute atomic E-state index is 0.260. The molecular weight excluding hydrogens is 230 g/mol. The van der Waals surface area contributed by atoms with Crippen molar-refractivity contribution in [1.29, 1.82) is 0 Å². The first-order chi connectivity index (χ1) is 7.72. The number of nitrogens with zero attached hydrogens (tertiary/aromatic N) is 2. The molecule has 1 aliphatic rings.